The van der Waals surface area contributed by atoms with Crippen LogP contribution in [0.1, 0.15) is 23.7 Å². The second kappa shape index (κ2) is 9.40. The quantitative estimate of drug-likeness (QED) is 0.316. The van der Waals surface area contributed by atoms with Gasteiger partial charge in [0.15, 0.2) is 0 Å². The average molecular weight is 308 g/mol. The minimum atomic E-state index is -0.761. The number of hydrogen-bond acceptors (Lipinski definition) is 4. The van der Waals surface area contributed by atoms with Gasteiger partial charge in [0.1, 0.15) is 6.23 Å². The Kier molecular flexibility index (Phi) is 7.87. The van der Waals surface area contributed by atoms with Crippen LogP contribution in [-0.4, -0.2) is 48.4 Å². The van der Waals surface area contributed by atoms with Gasteiger partial charge in [0.05, 0.1) is 13.1 Å². The molecule has 2 atom stereocenters. The maximum Gasteiger partial charge on any atom is 0.234 e. The molecule has 0 saturated carbocycles. The number of nitrogens with one attached hydrogen (secondary N) is 4. The zero-order valence-electron chi connectivity index (χ0n) is 13.7. The van der Waals surface area contributed by atoms with E-state index in [4.69, 9.17) is 0 Å². The molecule has 0 fully saturated rings. The molecule has 0 spiro atoms. The van der Waals surface area contributed by atoms with Crippen LogP contribution >= 0.6 is 0 Å². The first-order valence-corrected chi connectivity index (χ1v) is 7.60. The fourth-order valence-electron chi connectivity index (χ4n) is 2.36. The van der Waals surface area contributed by atoms with Crippen molar-refractivity contribution in [1.82, 2.24) is 20.9 Å². The van der Waals surface area contributed by atoms with Gasteiger partial charge in [-0.15, -0.1) is 6.58 Å². The molecule has 1 aromatic rings. The van der Waals surface area contributed by atoms with Gasteiger partial charge in [-0.05, 0) is 38.4 Å². The highest BCUT2D eigenvalue weighted by Crippen LogP contribution is 2.15. The van der Waals surface area contributed by atoms with E-state index in [1.807, 2.05) is 19.2 Å². The lowest BCUT2D eigenvalue weighted by Gasteiger charge is -2.19. The third-order valence-electron chi connectivity index (χ3n) is 3.54. The smallest absolute Gasteiger partial charge is 0.234 e. The largest absolute Gasteiger partial charge is 0.377 e. The monoisotopic (exact) mass is 308 g/mol. The Morgan fingerprint density at radius 3 is 2.91 bits per heavy atom. The molecule has 22 heavy (non-hydrogen) atoms. The van der Waals surface area contributed by atoms with Crippen LogP contribution < -0.4 is 16.0 Å². The summed E-state index contributed by atoms with van der Waals surface area (Å²) in [6.07, 6.45) is 4.76. The standard InChI is InChI=1S/C16H28N4O2/c1-5-6-14-12(3)13(8-18-14)7-11(2)20-16(22)10-19-15(21)9-17-4/h5,8,11,16-18,20,22H,1,6-7,9-10H2,2-4H3,(H,19,21)/t11-,16-/m1/s1. The van der Waals surface area contributed by atoms with Crippen molar-refractivity contribution in [3.05, 3.63) is 35.7 Å². The molecular weight excluding hydrogens is 280 g/mol. The molecule has 0 aliphatic carbocycles. The number of H-pyrrole nitrogens is 1. The molecule has 0 aliphatic rings. The molecule has 6 heteroatoms. The molecule has 0 unspecified atom stereocenters. The van der Waals surface area contributed by atoms with Gasteiger partial charge in [0, 0.05) is 24.4 Å². The molecule has 1 rings (SSSR count). The normalized spacial score (nSPS) is 13.6. The molecule has 0 radical (unpaired) electrons. The number of aliphatic hydroxyl groups excluding tert-OH is 1. The second-order valence-electron chi connectivity index (χ2n) is 5.53. The first kappa shape index (κ1) is 18.4. The molecule has 1 aromatic heterocycles. The number of allylic oxidation sites excluding steroid dienone is 1. The highest BCUT2D eigenvalue weighted by molar-refractivity contribution is 5.77. The number of likely N-dealkylation sites (N-methyl/N-ethyl adjacent to an activating group) is 1. The highest BCUT2D eigenvalue weighted by Gasteiger charge is 2.13. The van der Waals surface area contributed by atoms with Crippen molar-refractivity contribution in [3.63, 3.8) is 0 Å². The van der Waals surface area contributed by atoms with Crippen LogP contribution in [0, 0.1) is 6.92 Å². The van der Waals surface area contributed by atoms with Gasteiger partial charge in [-0.1, -0.05) is 6.08 Å². The summed E-state index contributed by atoms with van der Waals surface area (Å²) in [5.74, 6) is -0.133. The van der Waals surface area contributed by atoms with E-state index in [2.05, 4.69) is 34.4 Å². The molecule has 0 aliphatic heterocycles. The van der Waals surface area contributed by atoms with E-state index in [1.54, 1.807) is 7.05 Å². The number of carbonyl (C=O) groups excluding carboxylic acids is 1. The van der Waals surface area contributed by atoms with Crippen molar-refractivity contribution in [3.8, 4) is 0 Å². The maximum atomic E-state index is 11.3. The lowest BCUT2D eigenvalue weighted by Crippen LogP contribution is -2.46. The molecule has 1 amide bonds. The van der Waals surface area contributed by atoms with E-state index >= 15 is 0 Å². The summed E-state index contributed by atoms with van der Waals surface area (Å²) >= 11 is 0. The van der Waals surface area contributed by atoms with Crippen LogP contribution in [0.25, 0.3) is 0 Å². The van der Waals surface area contributed by atoms with Crippen molar-refractivity contribution in [1.29, 1.82) is 0 Å². The molecule has 124 valence electrons. The van der Waals surface area contributed by atoms with Crippen LogP contribution in [0.3, 0.4) is 0 Å². The van der Waals surface area contributed by atoms with Gasteiger partial charge in [0.25, 0.3) is 0 Å². The van der Waals surface area contributed by atoms with E-state index in [-0.39, 0.29) is 25.0 Å². The Morgan fingerprint density at radius 1 is 1.55 bits per heavy atom. The Bertz CT molecular complexity index is 484. The minimum absolute atomic E-state index is 0.0993. The van der Waals surface area contributed by atoms with Crippen LogP contribution in [0.4, 0.5) is 0 Å². The number of hydrogen-bond donors (Lipinski definition) is 5. The molecule has 1 heterocycles. The lowest BCUT2D eigenvalue weighted by atomic mass is 10.0. The first-order valence-electron chi connectivity index (χ1n) is 7.60. The number of aromatic amines is 1. The summed E-state index contributed by atoms with van der Waals surface area (Å²) in [5, 5.41) is 18.4. The number of aliphatic hydroxyl groups is 1. The Hall–Kier alpha value is -1.63. The van der Waals surface area contributed by atoms with Crippen molar-refractivity contribution >= 4 is 5.91 Å². The Morgan fingerprint density at radius 2 is 2.27 bits per heavy atom. The second-order valence-corrected chi connectivity index (χ2v) is 5.53. The van der Waals surface area contributed by atoms with Crippen LogP contribution in [-0.2, 0) is 17.6 Å². The van der Waals surface area contributed by atoms with Gasteiger partial charge in [-0.3, -0.25) is 10.1 Å². The fraction of sp³-hybridized carbons (Fsp3) is 0.562. The lowest BCUT2D eigenvalue weighted by molar-refractivity contribution is -0.120. The predicted octanol–water partition coefficient (Wildman–Crippen LogP) is 0.226. The van der Waals surface area contributed by atoms with Crippen LogP contribution in [0.2, 0.25) is 0 Å². The number of aromatic nitrogens is 1. The molecular formula is C16H28N4O2. The summed E-state index contributed by atoms with van der Waals surface area (Å²) in [4.78, 5) is 14.6. The molecule has 0 saturated heterocycles. The summed E-state index contributed by atoms with van der Waals surface area (Å²) in [7, 11) is 1.70. The maximum absolute atomic E-state index is 11.3. The van der Waals surface area contributed by atoms with Crippen LogP contribution in [0.5, 0.6) is 0 Å². The van der Waals surface area contributed by atoms with Gasteiger partial charge in [-0.25, -0.2) is 0 Å². The minimum Gasteiger partial charge on any atom is -0.377 e. The number of carbonyl (C=O) groups is 1. The van der Waals surface area contributed by atoms with Gasteiger partial charge in [0.2, 0.25) is 5.91 Å². The predicted molar refractivity (Wildman–Crippen MR) is 88.7 cm³/mol. The van der Waals surface area contributed by atoms with Crippen molar-refractivity contribution in [2.45, 2.75) is 39.0 Å². The van der Waals surface area contributed by atoms with Crippen LogP contribution in [0.15, 0.2) is 18.9 Å². The Labute approximate surface area is 132 Å². The van der Waals surface area contributed by atoms with E-state index in [0.717, 1.165) is 12.8 Å². The Balaban J connectivity index is 2.40. The molecule has 5 N–H and O–H groups in total. The summed E-state index contributed by atoms with van der Waals surface area (Å²) in [6.45, 7) is 8.29. The third kappa shape index (κ3) is 6.01. The van der Waals surface area contributed by atoms with E-state index in [9.17, 15) is 9.90 Å². The SMILES string of the molecule is C=CCc1[nH]cc(C[C@@H](C)N[C@H](O)CNC(=O)CNC)c1C. The number of amides is 1. The van der Waals surface area contributed by atoms with Gasteiger partial charge < -0.3 is 20.7 Å². The van der Waals surface area contributed by atoms with E-state index in [0.29, 0.717) is 0 Å². The topological polar surface area (TPSA) is 89.2 Å². The summed E-state index contributed by atoms with van der Waals surface area (Å²) in [5.41, 5.74) is 3.64. The molecule has 0 aromatic carbocycles. The van der Waals surface area contributed by atoms with Gasteiger partial charge in [-0.2, -0.15) is 0 Å². The zero-order valence-corrected chi connectivity index (χ0v) is 13.7. The first-order chi connectivity index (χ1) is 10.5. The van der Waals surface area contributed by atoms with Gasteiger partial charge >= 0.3 is 0 Å². The zero-order chi connectivity index (χ0) is 16.5. The fourth-order valence-corrected chi connectivity index (χ4v) is 2.36. The van der Waals surface area contributed by atoms with Crippen molar-refractivity contribution in [2.24, 2.45) is 0 Å². The average Bonchev–Trinajstić information content (AvgIpc) is 2.79. The van der Waals surface area contributed by atoms with E-state index < -0.39 is 6.23 Å². The number of rotatable bonds is 10. The van der Waals surface area contributed by atoms with Crippen molar-refractivity contribution < 1.29 is 9.90 Å². The summed E-state index contributed by atoms with van der Waals surface area (Å²) in [6, 6.07) is 0.0993. The third-order valence-corrected chi connectivity index (χ3v) is 3.54. The highest BCUT2D eigenvalue weighted by atomic mass is 16.3. The van der Waals surface area contributed by atoms with E-state index in [1.165, 1.54) is 16.8 Å². The molecule has 6 nitrogen and oxygen atoms in total. The van der Waals surface area contributed by atoms with Crippen molar-refractivity contribution in [2.75, 3.05) is 20.1 Å². The molecule has 0 bridgehead atoms. The summed E-state index contributed by atoms with van der Waals surface area (Å²) < 4.78 is 0.